The number of hydrogen-bond acceptors (Lipinski definition) is 4. The summed E-state index contributed by atoms with van der Waals surface area (Å²) >= 11 is 0. The summed E-state index contributed by atoms with van der Waals surface area (Å²) in [6.45, 7) is 4.19. The van der Waals surface area contributed by atoms with E-state index in [0.717, 1.165) is 25.7 Å². The summed E-state index contributed by atoms with van der Waals surface area (Å²) in [4.78, 5) is 12.4. The van der Waals surface area contributed by atoms with Crippen LogP contribution in [0.4, 0.5) is 0 Å². The predicted octanol–water partition coefficient (Wildman–Crippen LogP) is 11.0. The molecule has 0 aliphatic rings. The highest BCUT2D eigenvalue weighted by molar-refractivity contribution is 5.81. The highest BCUT2D eigenvalue weighted by Gasteiger charge is 2.23. The molecule has 0 aromatic rings. The molecule has 4 N–H and O–H groups in total. The maximum Gasteiger partial charge on any atom is 0.249 e. The standard InChI is InChI=1S/C41H79NO4/c1-3-5-7-9-11-13-15-17-18-19-20-21-22-23-24-26-27-29-31-33-35-39(44)38(37-43)42-41(46)40(45)36-34-32-30-28-25-16-14-12-10-8-6-4-2/h25,28,32,34,38-40,43-45H,3-24,26-27,29-31,33,35-37H2,1-2H3,(H,42,46)/b28-25-,34-32-. The summed E-state index contributed by atoms with van der Waals surface area (Å²) in [5.41, 5.74) is 0. The van der Waals surface area contributed by atoms with Crippen LogP contribution in [-0.2, 0) is 4.79 Å². The smallest absolute Gasteiger partial charge is 0.249 e. The molecule has 3 atom stereocenters. The van der Waals surface area contributed by atoms with Crippen molar-refractivity contribution in [1.29, 1.82) is 0 Å². The second kappa shape index (κ2) is 36.7. The Kier molecular flexibility index (Phi) is 35.7. The number of nitrogens with one attached hydrogen (secondary N) is 1. The van der Waals surface area contributed by atoms with E-state index in [9.17, 15) is 20.1 Å². The minimum atomic E-state index is -1.18. The van der Waals surface area contributed by atoms with Gasteiger partial charge in [-0.05, 0) is 25.7 Å². The molecular formula is C41H79NO4. The van der Waals surface area contributed by atoms with Crippen LogP contribution in [0.25, 0.3) is 0 Å². The Morgan fingerprint density at radius 3 is 1.37 bits per heavy atom. The van der Waals surface area contributed by atoms with E-state index >= 15 is 0 Å². The molecule has 0 radical (unpaired) electrons. The summed E-state index contributed by atoms with van der Waals surface area (Å²) in [7, 11) is 0. The number of hydrogen-bond donors (Lipinski definition) is 4. The zero-order valence-electron chi connectivity index (χ0n) is 30.7. The highest BCUT2D eigenvalue weighted by atomic mass is 16.3. The third-order valence-electron chi connectivity index (χ3n) is 9.33. The van der Waals surface area contributed by atoms with Gasteiger partial charge in [-0.3, -0.25) is 4.79 Å². The van der Waals surface area contributed by atoms with Crippen LogP contribution in [0.3, 0.4) is 0 Å². The molecule has 46 heavy (non-hydrogen) atoms. The molecule has 0 saturated carbocycles. The number of carbonyl (C=O) groups is 1. The van der Waals surface area contributed by atoms with Gasteiger partial charge in [0.15, 0.2) is 0 Å². The van der Waals surface area contributed by atoms with Crippen LogP contribution in [-0.4, -0.2) is 46.1 Å². The third kappa shape index (κ3) is 31.4. The predicted molar refractivity (Wildman–Crippen MR) is 199 cm³/mol. The molecule has 0 saturated heterocycles. The first-order valence-electron chi connectivity index (χ1n) is 20.1. The van der Waals surface area contributed by atoms with Crippen molar-refractivity contribution in [3.63, 3.8) is 0 Å². The number of amides is 1. The van der Waals surface area contributed by atoms with Gasteiger partial charge >= 0.3 is 0 Å². The van der Waals surface area contributed by atoms with E-state index in [2.05, 4.69) is 31.3 Å². The van der Waals surface area contributed by atoms with Gasteiger partial charge in [-0.1, -0.05) is 199 Å². The lowest BCUT2D eigenvalue weighted by Gasteiger charge is -2.23. The van der Waals surface area contributed by atoms with Gasteiger partial charge in [0.1, 0.15) is 6.10 Å². The van der Waals surface area contributed by atoms with E-state index in [1.54, 1.807) is 0 Å². The van der Waals surface area contributed by atoms with Crippen LogP contribution in [0.2, 0.25) is 0 Å². The van der Waals surface area contributed by atoms with Crippen LogP contribution < -0.4 is 5.32 Å². The molecule has 5 heteroatoms. The van der Waals surface area contributed by atoms with Crippen molar-refractivity contribution in [3.8, 4) is 0 Å². The molecule has 0 aliphatic heterocycles. The summed E-state index contributed by atoms with van der Waals surface area (Å²) in [5.74, 6) is -0.537. The van der Waals surface area contributed by atoms with E-state index in [4.69, 9.17) is 0 Å². The Morgan fingerprint density at radius 2 is 0.935 bits per heavy atom. The molecule has 272 valence electrons. The maximum atomic E-state index is 12.4. The topological polar surface area (TPSA) is 89.8 Å². The summed E-state index contributed by atoms with van der Waals surface area (Å²) in [6.07, 6.45) is 43.3. The normalized spacial score (nSPS) is 13.9. The minimum absolute atomic E-state index is 0.227. The van der Waals surface area contributed by atoms with Gasteiger partial charge in [-0.25, -0.2) is 0 Å². The Labute approximate surface area is 286 Å². The first-order chi connectivity index (χ1) is 22.6. The van der Waals surface area contributed by atoms with E-state index in [0.29, 0.717) is 6.42 Å². The van der Waals surface area contributed by atoms with Gasteiger partial charge in [0.05, 0.1) is 18.8 Å². The molecule has 0 fully saturated rings. The SMILES string of the molecule is CCCCCCCC/C=C\C/C=C\CC(O)C(=O)NC(CO)C(O)CCCCCCCCCCCCCCCCCCCCCC. The van der Waals surface area contributed by atoms with Gasteiger partial charge in [0, 0.05) is 6.42 Å². The van der Waals surface area contributed by atoms with Crippen molar-refractivity contribution < 1.29 is 20.1 Å². The average Bonchev–Trinajstić information content (AvgIpc) is 3.06. The van der Waals surface area contributed by atoms with E-state index in [1.807, 2.05) is 12.2 Å². The Hall–Kier alpha value is -1.17. The minimum Gasteiger partial charge on any atom is -0.394 e. The summed E-state index contributed by atoms with van der Waals surface area (Å²) in [6, 6.07) is -0.739. The van der Waals surface area contributed by atoms with Gasteiger partial charge in [-0.15, -0.1) is 0 Å². The molecule has 3 unspecified atom stereocenters. The van der Waals surface area contributed by atoms with Crippen LogP contribution in [0.15, 0.2) is 24.3 Å². The van der Waals surface area contributed by atoms with Crippen LogP contribution in [0.1, 0.15) is 206 Å². The van der Waals surface area contributed by atoms with Gasteiger partial charge in [-0.2, -0.15) is 0 Å². The van der Waals surface area contributed by atoms with E-state index in [1.165, 1.54) is 154 Å². The molecule has 1 amide bonds. The first-order valence-corrected chi connectivity index (χ1v) is 20.1. The number of rotatable bonds is 36. The molecule has 0 bridgehead atoms. The number of unbranched alkanes of at least 4 members (excludes halogenated alkanes) is 25. The van der Waals surface area contributed by atoms with Crippen LogP contribution >= 0.6 is 0 Å². The number of aliphatic hydroxyl groups excluding tert-OH is 3. The van der Waals surface area contributed by atoms with Crippen LogP contribution in [0, 0.1) is 0 Å². The lowest BCUT2D eigenvalue weighted by atomic mass is 10.0. The Morgan fingerprint density at radius 1 is 0.543 bits per heavy atom. The fourth-order valence-corrected chi connectivity index (χ4v) is 6.12. The van der Waals surface area contributed by atoms with Crippen molar-refractivity contribution in [2.75, 3.05) is 6.61 Å². The molecule has 0 spiro atoms. The fourth-order valence-electron chi connectivity index (χ4n) is 6.12. The Bertz CT molecular complexity index is 679. The number of aliphatic hydroxyl groups is 3. The van der Waals surface area contributed by atoms with Gasteiger partial charge < -0.3 is 20.6 Å². The van der Waals surface area contributed by atoms with Crippen molar-refractivity contribution in [2.24, 2.45) is 0 Å². The summed E-state index contributed by atoms with van der Waals surface area (Å²) in [5, 5.41) is 33.1. The second-order valence-corrected chi connectivity index (χ2v) is 13.9. The average molecular weight is 650 g/mol. The zero-order valence-corrected chi connectivity index (χ0v) is 30.7. The maximum absolute atomic E-state index is 12.4. The Balaban J connectivity index is 3.68. The van der Waals surface area contributed by atoms with Crippen molar-refractivity contribution in [3.05, 3.63) is 24.3 Å². The van der Waals surface area contributed by atoms with Gasteiger partial charge in [0.25, 0.3) is 0 Å². The molecule has 0 aromatic carbocycles. The van der Waals surface area contributed by atoms with E-state index < -0.39 is 24.2 Å². The molecule has 0 heterocycles. The van der Waals surface area contributed by atoms with Crippen molar-refractivity contribution in [1.82, 2.24) is 5.32 Å². The lowest BCUT2D eigenvalue weighted by Crippen LogP contribution is -2.49. The summed E-state index contributed by atoms with van der Waals surface area (Å²) < 4.78 is 0. The quantitative estimate of drug-likeness (QED) is 0.0401. The molecule has 5 nitrogen and oxygen atoms in total. The highest BCUT2D eigenvalue weighted by Crippen LogP contribution is 2.16. The molecule has 0 aromatic heterocycles. The molecule has 0 aliphatic carbocycles. The van der Waals surface area contributed by atoms with Crippen LogP contribution in [0.5, 0.6) is 0 Å². The molecule has 0 rings (SSSR count). The number of allylic oxidation sites excluding steroid dienone is 3. The lowest BCUT2D eigenvalue weighted by molar-refractivity contribution is -0.131. The van der Waals surface area contributed by atoms with Gasteiger partial charge in [0.2, 0.25) is 5.91 Å². The third-order valence-corrected chi connectivity index (χ3v) is 9.33. The number of carbonyl (C=O) groups excluding carboxylic acids is 1. The molecular weight excluding hydrogens is 570 g/mol. The first kappa shape index (κ1) is 44.8. The second-order valence-electron chi connectivity index (χ2n) is 13.9. The van der Waals surface area contributed by atoms with Crippen molar-refractivity contribution >= 4 is 5.91 Å². The van der Waals surface area contributed by atoms with E-state index in [-0.39, 0.29) is 13.0 Å². The van der Waals surface area contributed by atoms with Crippen molar-refractivity contribution in [2.45, 2.75) is 225 Å². The monoisotopic (exact) mass is 650 g/mol. The zero-order chi connectivity index (χ0) is 33.8. The fraction of sp³-hybridized carbons (Fsp3) is 0.878. The largest absolute Gasteiger partial charge is 0.394 e.